The van der Waals surface area contributed by atoms with Crippen molar-refractivity contribution in [3.05, 3.63) is 64.7 Å². The number of ether oxygens (including phenoxy) is 1. The first kappa shape index (κ1) is 14.6. The van der Waals surface area contributed by atoms with Crippen molar-refractivity contribution in [2.24, 2.45) is 5.73 Å². The van der Waals surface area contributed by atoms with Gasteiger partial charge >= 0.3 is 0 Å². The molecule has 2 aromatic rings. The largest absolute Gasteiger partial charge is 0.496 e. The molecule has 106 valence electrons. The van der Waals surface area contributed by atoms with Crippen LogP contribution in [0.4, 0.5) is 0 Å². The SMILES string of the molecule is COc1ccc(C(N)CCc2ccc(C)cc2)cc1C. The van der Waals surface area contributed by atoms with Crippen LogP contribution in [0.25, 0.3) is 0 Å². The van der Waals surface area contributed by atoms with Crippen LogP contribution in [0.3, 0.4) is 0 Å². The monoisotopic (exact) mass is 269 g/mol. The lowest BCUT2D eigenvalue weighted by molar-refractivity contribution is 0.411. The first-order valence-corrected chi connectivity index (χ1v) is 7.06. The lowest BCUT2D eigenvalue weighted by Gasteiger charge is -2.14. The molecule has 2 nitrogen and oxygen atoms in total. The van der Waals surface area contributed by atoms with Crippen molar-refractivity contribution in [1.82, 2.24) is 0 Å². The Kier molecular flexibility index (Phi) is 4.80. The number of aryl methyl sites for hydroxylation is 3. The Bertz CT molecular complexity index is 560. The summed E-state index contributed by atoms with van der Waals surface area (Å²) >= 11 is 0. The van der Waals surface area contributed by atoms with E-state index in [-0.39, 0.29) is 6.04 Å². The Labute approximate surface area is 121 Å². The molecule has 0 saturated heterocycles. The van der Waals surface area contributed by atoms with Gasteiger partial charge in [-0.2, -0.15) is 0 Å². The summed E-state index contributed by atoms with van der Waals surface area (Å²) in [5, 5.41) is 0. The number of rotatable bonds is 5. The molecular weight excluding hydrogens is 246 g/mol. The highest BCUT2D eigenvalue weighted by atomic mass is 16.5. The van der Waals surface area contributed by atoms with Gasteiger partial charge in [0.2, 0.25) is 0 Å². The molecule has 0 aromatic heterocycles. The molecule has 0 aliphatic carbocycles. The topological polar surface area (TPSA) is 35.2 Å². The first-order valence-electron chi connectivity index (χ1n) is 7.06. The normalized spacial score (nSPS) is 12.2. The van der Waals surface area contributed by atoms with Gasteiger partial charge in [-0.1, -0.05) is 42.0 Å². The zero-order valence-corrected chi connectivity index (χ0v) is 12.5. The van der Waals surface area contributed by atoms with Gasteiger partial charge in [0.05, 0.1) is 7.11 Å². The van der Waals surface area contributed by atoms with Crippen molar-refractivity contribution in [2.75, 3.05) is 7.11 Å². The van der Waals surface area contributed by atoms with Gasteiger partial charge in [0.25, 0.3) is 0 Å². The highest BCUT2D eigenvalue weighted by molar-refractivity contribution is 5.37. The van der Waals surface area contributed by atoms with E-state index in [0.29, 0.717) is 0 Å². The van der Waals surface area contributed by atoms with E-state index in [4.69, 9.17) is 10.5 Å². The van der Waals surface area contributed by atoms with Gasteiger partial charge in [-0.3, -0.25) is 0 Å². The van der Waals surface area contributed by atoms with Crippen LogP contribution in [0.5, 0.6) is 5.75 Å². The molecule has 0 bridgehead atoms. The van der Waals surface area contributed by atoms with Gasteiger partial charge in [-0.15, -0.1) is 0 Å². The van der Waals surface area contributed by atoms with Gasteiger partial charge in [0.15, 0.2) is 0 Å². The summed E-state index contributed by atoms with van der Waals surface area (Å²) in [4.78, 5) is 0. The predicted molar refractivity (Wildman–Crippen MR) is 84.2 cm³/mol. The average Bonchev–Trinajstić information content (AvgIpc) is 2.46. The van der Waals surface area contributed by atoms with Gasteiger partial charge in [0, 0.05) is 6.04 Å². The summed E-state index contributed by atoms with van der Waals surface area (Å²) in [6.07, 6.45) is 1.96. The van der Waals surface area contributed by atoms with Gasteiger partial charge < -0.3 is 10.5 Å². The highest BCUT2D eigenvalue weighted by Gasteiger charge is 2.08. The van der Waals surface area contributed by atoms with Crippen LogP contribution in [-0.2, 0) is 6.42 Å². The molecule has 2 heteroatoms. The molecule has 1 unspecified atom stereocenters. The molecule has 0 radical (unpaired) electrons. The molecular formula is C18H23NO. The Hall–Kier alpha value is -1.80. The van der Waals surface area contributed by atoms with Crippen LogP contribution in [0.2, 0.25) is 0 Å². The van der Waals surface area contributed by atoms with Crippen molar-refractivity contribution in [3.63, 3.8) is 0 Å². The van der Waals surface area contributed by atoms with Gasteiger partial charge in [-0.25, -0.2) is 0 Å². The van der Waals surface area contributed by atoms with Crippen molar-refractivity contribution < 1.29 is 4.74 Å². The summed E-state index contributed by atoms with van der Waals surface area (Å²) in [5.74, 6) is 0.916. The predicted octanol–water partition coefficient (Wildman–Crippen LogP) is 3.94. The fraction of sp³-hybridized carbons (Fsp3) is 0.333. The fourth-order valence-electron chi connectivity index (χ4n) is 2.38. The molecule has 0 saturated carbocycles. The zero-order chi connectivity index (χ0) is 14.5. The molecule has 0 aliphatic heterocycles. The highest BCUT2D eigenvalue weighted by Crippen LogP contribution is 2.23. The van der Waals surface area contributed by atoms with Crippen molar-refractivity contribution in [1.29, 1.82) is 0 Å². The lowest BCUT2D eigenvalue weighted by Crippen LogP contribution is -2.11. The molecule has 2 aromatic carbocycles. The second-order valence-electron chi connectivity index (χ2n) is 5.36. The second-order valence-corrected chi connectivity index (χ2v) is 5.36. The lowest BCUT2D eigenvalue weighted by atomic mass is 9.98. The summed E-state index contributed by atoms with van der Waals surface area (Å²) in [6, 6.07) is 14.9. The molecule has 0 aliphatic rings. The van der Waals surface area contributed by atoms with Crippen LogP contribution in [0.15, 0.2) is 42.5 Å². The van der Waals surface area contributed by atoms with Gasteiger partial charge in [0.1, 0.15) is 5.75 Å². The van der Waals surface area contributed by atoms with E-state index in [0.717, 1.165) is 24.2 Å². The van der Waals surface area contributed by atoms with E-state index in [1.54, 1.807) is 7.11 Å². The smallest absolute Gasteiger partial charge is 0.121 e. The maximum atomic E-state index is 6.29. The quantitative estimate of drug-likeness (QED) is 0.892. The number of methoxy groups -OCH3 is 1. The average molecular weight is 269 g/mol. The Morgan fingerprint density at radius 1 is 1.05 bits per heavy atom. The minimum absolute atomic E-state index is 0.0703. The first-order chi connectivity index (χ1) is 9.60. The van der Waals surface area contributed by atoms with E-state index < -0.39 is 0 Å². The molecule has 2 rings (SSSR count). The van der Waals surface area contributed by atoms with Crippen LogP contribution < -0.4 is 10.5 Å². The second kappa shape index (κ2) is 6.58. The van der Waals surface area contributed by atoms with Crippen molar-refractivity contribution in [2.45, 2.75) is 32.7 Å². The maximum absolute atomic E-state index is 6.29. The molecule has 0 amide bonds. The zero-order valence-electron chi connectivity index (χ0n) is 12.5. The van der Waals surface area contributed by atoms with E-state index in [1.807, 2.05) is 6.07 Å². The third-order valence-corrected chi connectivity index (χ3v) is 3.71. The van der Waals surface area contributed by atoms with Crippen LogP contribution in [-0.4, -0.2) is 7.11 Å². The van der Waals surface area contributed by atoms with Crippen LogP contribution in [0, 0.1) is 13.8 Å². The molecule has 1 atom stereocenters. The van der Waals surface area contributed by atoms with E-state index in [9.17, 15) is 0 Å². The summed E-state index contributed by atoms with van der Waals surface area (Å²) in [6.45, 7) is 4.16. The molecule has 0 heterocycles. The van der Waals surface area contributed by atoms with E-state index >= 15 is 0 Å². The summed E-state index contributed by atoms with van der Waals surface area (Å²) in [7, 11) is 1.69. The number of benzene rings is 2. The number of hydrogen-bond donors (Lipinski definition) is 1. The number of hydrogen-bond acceptors (Lipinski definition) is 2. The van der Waals surface area contributed by atoms with Crippen molar-refractivity contribution in [3.8, 4) is 5.75 Å². The molecule has 0 spiro atoms. The fourth-order valence-corrected chi connectivity index (χ4v) is 2.38. The van der Waals surface area contributed by atoms with Gasteiger partial charge in [-0.05, 0) is 49.4 Å². The molecule has 2 N–H and O–H groups in total. The summed E-state index contributed by atoms with van der Waals surface area (Å²) < 4.78 is 5.28. The minimum Gasteiger partial charge on any atom is -0.496 e. The third-order valence-electron chi connectivity index (χ3n) is 3.71. The summed E-state index contributed by atoms with van der Waals surface area (Å²) in [5.41, 5.74) is 11.2. The Morgan fingerprint density at radius 2 is 1.75 bits per heavy atom. The molecule has 0 fully saturated rings. The van der Waals surface area contributed by atoms with Crippen LogP contribution in [0.1, 0.15) is 34.7 Å². The standard InChI is InChI=1S/C18H23NO/c1-13-4-6-15(7-5-13)8-10-17(19)16-9-11-18(20-3)14(2)12-16/h4-7,9,11-12,17H,8,10,19H2,1-3H3. The molecule has 20 heavy (non-hydrogen) atoms. The Morgan fingerprint density at radius 3 is 2.35 bits per heavy atom. The van der Waals surface area contributed by atoms with Crippen molar-refractivity contribution >= 4 is 0 Å². The third kappa shape index (κ3) is 3.61. The minimum atomic E-state index is 0.0703. The number of nitrogens with two attached hydrogens (primary N) is 1. The van der Waals surface area contributed by atoms with E-state index in [1.165, 1.54) is 16.7 Å². The Balaban J connectivity index is 1.99. The van der Waals surface area contributed by atoms with E-state index in [2.05, 4.69) is 50.2 Å². The maximum Gasteiger partial charge on any atom is 0.121 e. The van der Waals surface area contributed by atoms with Crippen LogP contribution >= 0.6 is 0 Å².